The van der Waals surface area contributed by atoms with Gasteiger partial charge in [-0.15, -0.1) is 0 Å². The van der Waals surface area contributed by atoms with Crippen LogP contribution >= 0.6 is 11.3 Å². The van der Waals surface area contributed by atoms with Crippen molar-refractivity contribution in [2.24, 2.45) is 0 Å². The molecule has 6 heteroatoms. The van der Waals surface area contributed by atoms with E-state index in [1.807, 2.05) is 16.8 Å². The Morgan fingerprint density at radius 2 is 2.47 bits per heavy atom. The van der Waals surface area contributed by atoms with Crippen LogP contribution in [0.2, 0.25) is 0 Å². The Morgan fingerprint density at radius 1 is 1.65 bits per heavy atom. The number of thiophene rings is 1. The van der Waals surface area contributed by atoms with Crippen molar-refractivity contribution >= 4 is 22.9 Å². The summed E-state index contributed by atoms with van der Waals surface area (Å²) in [5, 5.41) is 16.1. The number of nitrogens with one attached hydrogen (secondary N) is 2. The summed E-state index contributed by atoms with van der Waals surface area (Å²) in [6, 6.07) is 3.38. The number of carbonyl (C=O) groups is 1. The van der Waals surface area contributed by atoms with E-state index in [9.17, 15) is 9.90 Å². The largest absolute Gasteiger partial charge is 0.397 e. The van der Waals surface area contributed by atoms with Gasteiger partial charge in [-0.05, 0) is 28.5 Å². The summed E-state index contributed by atoms with van der Waals surface area (Å²) in [5.74, 6) is -0.282. The van der Waals surface area contributed by atoms with Gasteiger partial charge in [0.1, 0.15) is 5.69 Å². The van der Waals surface area contributed by atoms with Crippen LogP contribution in [0.25, 0.3) is 0 Å². The standard InChI is InChI=1S/C11H13N3O2S/c12-8-3-9(13-4-8)11(16)14-5-10(15)7-1-2-17-6-7/h1-4,6,10,13,15H,5,12H2,(H,14,16). The Morgan fingerprint density at radius 3 is 3.06 bits per heavy atom. The second kappa shape index (κ2) is 5.03. The third kappa shape index (κ3) is 2.86. The average molecular weight is 251 g/mol. The second-order valence-corrected chi connectivity index (χ2v) is 4.41. The third-order valence-corrected chi connectivity index (χ3v) is 3.04. The van der Waals surface area contributed by atoms with E-state index in [0.717, 1.165) is 5.56 Å². The molecule has 90 valence electrons. The fourth-order valence-corrected chi connectivity index (χ4v) is 2.12. The Balaban J connectivity index is 1.88. The van der Waals surface area contributed by atoms with Crippen LogP contribution in [-0.2, 0) is 0 Å². The molecular weight excluding hydrogens is 238 g/mol. The maximum Gasteiger partial charge on any atom is 0.267 e. The number of hydrogen-bond donors (Lipinski definition) is 4. The van der Waals surface area contributed by atoms with Gasteiger partial charge in [0.05, 0.1) is 6.10 Å². The van der Waals surface area contributed by atoms with Crippen molar-refractivity contribution in [3.05, 3.63) is 40.3 Å². The number of aliphatic hydroxyl groups is 1. The van der Waals surface area contributed by atoms with E-state index in [2.05, 4.69) is 10.3 Å². The Labute approximate surface area is 102 Å². The molecular formula is C11H13N3O2S. The molecule has 0 saturated carbocycles. The highest BCUT2D eigenvalue weighted by atomic mass is 32.1. The molecule has 5 nitrogen and oxygen atoms in total. The first-order valence-electron chi connectivity index (χ1n) is 5.09. The first-order chi connectivity index (χ1) is 8.16. The lowest BCUT2D eigenvalue weighted by Crippen LogP contribution is -2.28. The molecule has 0 radical (unpaired) electrons. The quantitative estimate of drug-likeness (QED) is 0.656. The van der Waals surface area contributed by atoms with E-state index in [-0.39, 0.29) is 12.5 Å². The molecule has 0 aliphatic heterocycles. The zero-order valence-corrected chi connectivity index (χ0v) is 9.83. The number of H-pyrrole nitrogens is 1. The van der Waals surface area contributed by atoms with E-state index in [1.54, 1.807) is 12.3 Å². The van der Waals surface area contributed by atoms with Gasteiger partial charge < -0.3 is 21.1 Å². The molecule has 2 rings (SSSR count). The number of nitrogen functional groups attached to an aromatic ring is 1. The highest BCUT2D eigenvalue weighted by Gasteiger charge is 2.11. The summed E-state index contributed by atoms with van der Waals surface area (Å²) in [5.41, 5.74) is 7.19. The van der Waals surface area contributed by atoms with E-state index in [4.69, 9.17) is 5.73 Å². The number of amides is 1. The van der Waals surface area contributed by atoms with Gasteiger partial charge in [-0.1, -0.05) is 0 Å². The summed E-state index contributed by atoms with van der Waals surface area (Å²) in [4.78, 5) is 14.4. The lowest BCUT2D eigenvalue weighted by molar-refractivity contribution is 0.0912. The van der Waals surface area contributed by atoms with Crippen molar-refractivity contribution in [1.82, 2.24) is 10.3 Å². The highest BCUT2D eigenvalue weighted by molar-refractivity contribution is 7.07. The SMILES string of the molecule is Nc1c[nH]c(C(=O)NCC(O)c2ccsc2)c1. The van der Waals surface area contributed by atoms with Crippen LogP contribution in [0.5, 0.6) is 0 Å². The number of rotatable bonds is 4. The highest BCUT2D eigenvalue weighted by Crippen LogP contribution is 2.15. The molecule has 0 aliphatic carbocycles. The van der Waals surface area contributed by atoms with Crippen LogP contribution in [0, 0.1) is 0 Å². The number of hydrogen-bond acceptors (Lipinski definition) is 4. The van der Waals surface area contributed by atoms with Gasteiger partial charge in [-0.3, -0.25) is 4.79 Å². The molecule has 2 aromatic rings. The molecule has 0 aromatic carbocycles. The Kier molecular flexibility index (Phi) is 3.46. The maximum atomic E-state index is 11.6. The molecule has 0 spiro atoms. The van der Waals surface area contributed by atoms with Crippen molar-refractivity contribution in [2.45, 2.75) is 6.10 Å². The monoisotopic (exact) mass is 251 g/mol. The maximum absolute atomic E-state index is 11.6. The Bertz CT molecular complexity index is 493. The van der Waals surface area contributed by atoms with E-state index in [1.165, 1.54) is 11.3 Å². The molecule has 0 aliphatic rings. The van der Waals surface area contributed by atoms with Gasteiger partial charge in [0.25, 0.3) is 5.91 Å². The van der Waals surface area contributed by atoms with Crippen LogP contribution in [0.15, 0.2) is 29.1 Å². The molecule has 1 atom stereocenters. The zero-order chi connectivity index (χ0) is 12.3. The first kappa shape index (κ1) is 11.7. The van der Waals surface area contributed by atoms with Crippen molar-refractivity contribution < 1.29 is 9.90 Å². The average Bonchev–Trinajstić information content (AvgIpc) is 2.95. The van der Waals surface area contributed by atoms with E-state index < -0.39 is 6.10 Å². The number of aromatic amines is 1. The van der Waals surface area contributed by atoms with Gasteiger partial charge in [0.15, 0.2) is 0 Å². The van der Waals surface area contributed by atoms with E-state index >= 15 is 0 Å². The molecule has 0 bridgehead atoms. The van der Waals surface area contributed by atoms with Gasteiger partial charge in [-0.25, -0.2) is 0 Å². The van der Waals surface area contributed by atoms with Crippen LogP contribution in [0.4, 0.5) is 5.69 Å². The fourth-order valence-electron chi connectivity index (χ4n) is 1.41. The zero-order valence-electron chi connectivity index (χ0n) is 9.01. The van der Waals surface area contributed by atoms with Crippen LogP contribution in [0.3, 0.4) is 0 Å². The topological polar surface area (TPSA) is 91.1 Å². The molecule has 2 heterocycles. The second-order valence-electron chi connectivity index (χ2n) is 3.63. The number of carbonyl (C=O) groups excluding carboxylic acids is 1. The molecule has 1 unspecified atom stereocenters. The van der Waals surface area contributed by atoms with Crippen LogP contribution < -0.4 is 11.1 Å². The minimum absolute atomic E-state index is 0.175. The fraction of sp³-hybridized carbons (Fsp3) is 0.182. The van der Waals surface area contributed by atoms with Gasteiger partial charge in [0, 0.05) is 18.4 Å². The van der Waals surface area contributed by atoms with Gasteiger partial charge in [-0.2, -0.15) is 11.3 Å². The summed E-state index contributed by atoms with van der Waals surface area (Å²) < 4.78 is 0. The lowest BCUT2D eigenvalue weighted by atomic mass is 10.2. The number of aromatic nitrogens is 1. The van der Waals surface area contributed by atoms with Crippen LogP contribution in [0.1, 0.15) is 22.2 Å². The van der Waals surface area contributed by atoms with Crippen molar-refractivity contribution in [3.63, 3.8) is 0 Å². The molecule has 0 fully saturated rings. The van der Waals surface area contributed by atoms with Crippen molar-refractivity contribution in [3.8, 4) is 0 Å². The molecule has 0 saturated heterocycles. The molecule has 5 N–H and O–H groups in total. The predicted octanol–water partition coefficient (Wildman–Crippen LogP) is 1.12. The predicted molar refractivity (Wildman–Crippen MR) is 66.8 cm³/mol. The van der Waals surface area contributed by atoms with Crippen LogP contribution in [-0.4, -0.2) is 22.5 Å². The summed E-state index contributed by atoms with van der Waals surface area (Å²) in [7, 11) is 0. The van der Waals surface area contributed by atoms with E-state index in [0.29, 0.717) is 11.4 Å². The molecule has 2 aromatic heterocycles. The normalized spacial score (nSPS) is 12.3. The third-order valence-electron chi connectivity index (χ3n) is 2.33. The van der Waals surface area contributed by atoms with Crippen molar-refractivity contribution in [1.29, 1.82) is 0 Å². The van der Waals surface area contributed by atoms with Crippen molar-refractivity contribution in [2.75, 3.05) is 12.3 Å². The lowest BCUT2D eigenvalue weighted by Gasteiger charge is -2.09. The number of aliphatic hydroxyl groups excluding tert-OH is 1. The number of anilines is 1. The molecule has 17 heavy (non-hydrogen) atoms. The van der Waals surface area contributed by atoms with Gasteiger partial charge >= 0.3 is 0 Å². The first-order valence-corrected chi connectivity index (χ1v) is 6.03. The smallest absolute Gasteiger partial charge is 0.267 e. The minimum atomic E-state index is -0.683. The Hall–Kier alpha value is -1.79. The van der Waals surface area contributed by atoms with Gasteiger partial charge in [0.2, 0.25) is 0 Å². The summed E-state index contributed by atoms with van der Waals surface area (Å²) >= 11 is 1.51. The summed E-state index contributed by atoms with van der Waals surface area (Å²) in [6.45, 7) is 0.175. The number of nitrogens with two attached hydrogens (primary N) is 1. The molecule has 1 amide bonds. The summed E-state index contributed by atoms with van der Waals surface area (Å²) in [6.07, 6.45) is 0.863. The minimum Gasteiger partial charge on any atom is -0.397 e.